The van der Waals surface area contributed by atoms with Crippen LogP contribution in [-0.2, 0) is 25.6 Å². The van der Waals surface area contributed by atoms with E-state index in [0.717, 1.165) is 48.6 Å². The largest absolute Gasteiger partial charge is 0.488 e. The fraction of sp³-hybridized carbons (Fsp3) is 0.677. The molecule has 2 aliphatic heterocycles. The lowest BCUT2D eigenvalue weighted by Crippen LogP contribution is -2.55. The molecule has 1 N–H and O–H groups in total. The van der Waals surface area contributed by atoms with E-state index in [9.17, 15) is 19.2 Å². The summed E-state index contributed by atoms with van der Waals surface area (Å²) in [5.41, 5.74) is 0.730. The van der Waals surface area contributed by atoms with Crippen molar-refractivity contribution in [2.24, 2.45) is 0 Å². The second kappa shape index (κ2) is 13.2. The van der Waals surface area contributed by atoms with Gasteiger partial charge < -0.3 is 24.4 Å². The maximum Gasteiger partial charge on any atom is 0.408 e. The van der Waals surface area contributed by atoms with Crippen molar-refractivity contribution in [3.05, 3.63) is 29.3 Å². The van der Waals surface area contributed by atoms with Crippen molar-refractivity contribution in [1.82, 2.24) is 15.1 Å². The first-order valence-electron chi connectivity index (χ1n) is 15.2. The second-order valence-corrected chi connectivity index (χ2v) is 19.5. The lowest BCUT2D eigenvalue weighted by molar-refractivity contribution is -0.158. The van der Waals surface area contributed by atoms with E-state index in [4.69, 9.17) is 14.2 Å². The maximum atomic E-state index is 13.4. The molecule has 0 bridgehead atoms. The highest BCUT2D eigenvalue weighted by atomic mass is 28.3. The smallest absolute Gasteiger partial charge is 0.408 e. The highest BCUT2D eigenvalue weighted by molar-refractivity contribution is 6.76. The van der Waals surface area contributed by atoms with Crippen molar-refractivity contribution in [3.8, 4) is 5.75 Å². The van der Waals surface area contributed by atoms with Gasteiger partial charge in [-0.3, -0.25) is 19.3 Å². The molecule has 2 heterocycles. The Morgan fingerprint density at radius 1 is 1.05 bits per heavy atom. The monoisotopic (exact) mass is 601 g/mol. The van der Waals surface area contributed by atoms with Crippen molar-refractivity contribution < 1.29 is 33.4 Å². The molecule has 42 heavy (non-hydrogen) atoms. The summed E-state index contributed by atoms with van der Waals surface area (Å²) in [5, 5.41) is 3.01. The summed E-state index contributed by atoms with van der Waals surface area (Å²) >= 11 is 0. The van der Waals surface area contributed by atoms with Gasteiger partial charge in [-0.05, 0) is 76.3 Å². The molecule has 4 amide bonds. The lowest BCUT2D eigenvalue weighted by atomic mass is 10.0. The lowest BCUT2D eigenvalue weighted by Gasteiger charge is -2.35. The highest BCUT2D eigenvalue weighted by Crippen LogP contribution is 2.33. The van der Waals surface area contributed by atoms with Crippen LogP contribution in [0.15, 0.2) is 18.2 Å². The summed E-state index contributed by atoms with van der Waals surface area (Å²) in [6.45, 7) is 12.9. The number of carbonyl (C=O) groups excluding carboxylic acids is 4. The van der Waals surface area contributed by atoms with E-state index in [0.29, 0.717) is 24.3 Å². The average molecular weight is 602 g/mol. The molecule has 232 valence electrons. The Balaban J connectivity index is 1.41. The zero-order valence-corrected chi connectivity index (χ0v) is 27.0. The third-order valence-electron chi connectivity index (χ3n) is 7.93. The molecular weight excluding hydrogens is 554 g/mol. The Morgan fingerprint density at radius 2 is 1.79 bits per heavy atom. The van der Waals surface area contributed by atoms with Crippen LogP contribution in [0.2, 0.25) is 25.7 Å². The predicted octanol–water partition coefficient (Wildman–Crippen LogP) is 5.08. The van der Waals surface area contributed by atoms with E-state index in [1.165, 1.54) is 0 Å². The number of piperidine rings is 1. The van der Waals surface area contributed by atoms with E-state index in [-0.39, 0.29) is 49.6 Å². The maximum absolute atomic E-state index is 13.4. The van der Waals surface area contributed by atoms with E-state index >= 15 is 0 Å². The standard InChI is InChI=1S/C31H47N3O7Si/c1-31(2,3)41-30(38)32-24-10-8-7-9-11-26(24)40-22-12-13-23-21(18-22)19-33(28(23)36)25-14-15-27(35)34(29(25)37)20-39-16-17-42(4,5)6/h12-13,18,24-26H,7-11,14-17,19-20H2,1-6H3,(H,32,38)/t24-,25?,26-/m0/s1. The molecule has 3 aliphatic rings. The van der Waals surface area contributed by atoms with Gasteiger partial charge in [0.1, 0.15) is 30.2 Å². The van der Waals surface area contributed by atoms with Crippen LogP contribution in [-0.4, -0.2) is 78.8 Å². The molecule has 3 atom stereocenters. The predicted molar refractivity (Wildman–Crippen MR) is 161 cm³/mol. The SMILES string of the molecule is CC(C)(C)OC(=O)N[C@H]1CCCCC[C@@H]1Oc1ccc2c(c1)CN(C1CCC(=O)N(COCC[Si](C)(C)C)C1=O)C2=O. The van der Waals surface area contributed by atoms with Crippen LogP contribution in [0.1, 0.15) is 81.6 Å². The first-order chi connectivity index (χ1) is 19.7. The molecule has 1 aromatic carbocycles. The quantitative estimate of drug-likeness (QED) is 0.182. The summed E-state index contributed by atoms with van der Waals surface area (Å²) < 4.78 is 17.6. The number of amides is 4. The molecule has 11 heteroatoms. The zero-order chi connectivity index (χ0) is 30.7. The minimum absolute atomic E-state index is 0.0779. The zero-order valence-electron chi connectivity index (χ0n) is 26.0. The average Bonchev–Trinajstić information content (AvgIpc) is 3.04. The molecule has 10 nitrogen and oxygen atoms in total. The molecule has 1 unspecified atom stereocenters. The number of alkyl carbamates (subject to hydrolysis) is 1. The van der Waals surface area contributed by atoms with Crippen LogP contribution >= 0.6 is 0 Å². The third kappa shape index (κ3) is 8.34. The van der Waals surface area contributed by atoms with Gasteiger partial charge in [0.25, 0.3) is 11.8 Å². The summed E-state index contributed by atoms with van der Waals surface area (Å²) in [7, 11) is -1.30. The van der Waals surface area contributed by atoms with Gasteiger partial charge in [-0.2, -0.15) is 0 Å². The first-order valence-corrected chi connectivity index (χ1v) is 18.9. The number of carbonyl (C=O) groups is 4. The number of likely N-dealkylation sites (tertiary alicyclic amines) is 1. The fourth-order valence-corrected chi connectivity index (χ4v) is 6.40. The normalized spacial score (nSPS) is 23.5. The number of rotatable bonds is 9. The minimum atomic E-state index is -1.30. The Morgan fingerprint density at radius 3 is 2.50 bits per heavy atom. The van der Waals surface area contributed by atoms with Crippen molar-refractivity contribution >= 4 is 31.9 Å². The van der Waals surface area contributed by atoms with Crippen LogP contribution in [0, 0.1) is 0 Å². The van der Waals surface area contributed by atoms with Crippen molar-refractivity contribution in [2.45, 2.75) is 122 Å². The summed E-state index contributed by atoms with van der Waals surface area (Å²) in [5.74, 6) is -0.245. The van der Waals surface area contributed by atoms with Crippen molar-refractivity contribution in [2.75, 3.05) is 13.3 Å². The van der Waals surface area contributed by atoms with Crippen molar-refractivity contribution in [1.29, 1.82) is 0 Å². The molecule has 2 fully saturated rings. The molecule has 0 spiro atoms. The summed E-state index contributed by atoms with van der Waals surface area (Å²) in [6, 6.07) is 5.42. The van der Waals surface area contributed by atoms with Crippen LogP contribution in [0.5, 0.6) is 5.75 Å². The van der Waals surface area contributed by atoms with Gasteiger partial charge in [0.05, 0.1) is 6.04 Å². The minimum Gasteiger partial charge on any atom is -0.488 e. The van der Waals surface area contributed by atoms with Gasteiger partial charge in [-0.1, -0.05) is 32.5 Å². The number of hydrogen-bond acceptors (Lipinski definition) is 7. The molecule has 1 aliphatic carbocycles. The Bertz CT molecular complexity index is 1180. The van der Waals surface area contributed by atoms with Gasteiger partial charge in [-0.15, -0.1) is 0 Å². The molecule has 0 aromatic heterocycles. The number of ether oxygens (including phenoxy) is 3. The van der Waals surface area contributed by atoms with E-state index in [1.54, 1.807) is 17.0 Å². The number of fused-ring (bicyclic) bond motifs is 1. The topological polar surface area (TPSA) is 114 Å². The summed E-state index contributed by atoms with van der Waals surface area (Å²) in [4.78, 5) is 54.5. The molecule has 1 saturated heterocycles. The first kappa shape index (κ1) is 32.0. The molecule has 0 radical (unpaired) electrons. The van der Waals surface area contributed by atoms with Crippen LogP contribution < -0.4 is 10.1 Å². The highest BCUT2D eigenvalue weighted by Gasteiger charge is 2.43. The third-order valence-corrected chi connectivity index (χ3v) is 9.63. The van der Waals surface area contributed by atoms with Crippen LogP contribution in [0.4, 0.5) is 4.79 Å². The number of imide groups is 1. The molecule has 1 aromatic rings. The number of nitrogens with one attached hydrogen (secondary N) is 1. The number of hydrogen-bond donors (Lipinski definition) is 1. The van der Waals surface area contributed by atoms with E-state index in [2.05, 4.69) is 25.0 Å². The van der Waals surface area contributed by atoms with Crippen LogP contribution in [0.3, 0.4) is 0 Å². The van der Waals surface area contributed by atoms with Gasteiger partial charge in [-0.25, -0.2) is 4.79 Å². The Hall–Kier alpha value is -2.92. The van der Waals surface area contributed by atoms with Gasteiger partial charge in [0.15, 0.2) is 0 Å². The van der Waals surface area contributed by atoms with Gasteiger partial charge >= 0.3 is 6.09 Å². The number of benzene rings is 1. The fourth-order valence-electron chi connectivity index (χ4n) is 5.64. The van der Waals surface area contributed by atoms with Crippen LogP contribution in [0.25, 0.3) is 0 Å². The van der Waals surface area contributed by atoms with E-state index in [1.807, 2.05) is 26.8 Å². The van der Waals surface area contributed by atoms with Crippen molar-refractivity contribution in [3.63, 3.8) is 0 Å². The van der Waals surface area contributed by atoms with Gasteiger partial charge in [0, 0.05) is 33.2 Å². The van der Waals surface area contributed by atoms with E-state index < -0.39 is 25.8 Å². The molecule has 4 rings (SSSR count). The Kier molecular flexibility index (Phi) is 10.0. The molecular formula is C31H47N3O7Si. The Labute approximate surface area is 250 Å². The second-order valence-electron chi connectivity index (χ2n) is 13.9. The summed E-state index contributed by atoms with van der Waals surface area (Å²) in [6.07, 6.45) is 4.45. The molecule has 1 saturated carbocycles. The van der Waals surface area contributed by atoms with Gasteiger partial charge in [0.2, 0.25) is 5.91 Å². The number of nitrogens with zero attached hydrogens (tertiary/aromatic N) is 2.